The normalized spacial score (nSPS) is 12.1. The zero-order valence-corrected chi connectivity index (χ0v) is 10.6. The maximum atomic E-state index is 11.6. The SMILES string of the molecule is COC(CNC(=O)Cn1cc(CN)nn1)CC(=O)O. The van der Waals surface area contributed by atoms with Crippen LogP contribution < -0.4 is 11.1 Å². The zero-order chi connectivity index (χ0) is 14.3. The average molecular weight is 271 g/mol. The van der Waals surface area contributed by atoms with Crippen LogP contribution in [0.25, 0.3) is 0 Å². The van der Waals surface area contributed by atoms with Crippen LogP contribution in [0.4, 0.5) is 0 Å². The quantitative estimate of drug-likeness (QED) is 0.515. The number of amides is 1. The van der Waals surface area contributed by atoms with Crippen LogP contribution in [0.2, 0.25) is 0 Å². The average Bonchev–Trinajstić information content (AvgIpc) is 2.81. The van der Waals surface area contributed by atoms with Crippen molar-refractivity contribution in [1.29, 1.82) is 0 Å². The third-order valence-electron chi connectivity index (χ3n) is 2.36. The van der Waals surface area contributed by atoms with Gasteiger partial charge in [-0.25, -0.2) is 4.68 Å². The second-order valence-electron chi connectivity index (χ2n) is 3.87. The van der Waals surface area contributed by atoms with Crippen molar-refractivity contribution in [3.63, 3.8) is 0 Å². The zero-order valence-electron chi connectivity index (χ0n) is 10.6. The van der Waals surface area contributed by atoms with Crippen LogP contribution in [0.1, 0.15) is 12.1 Å². The van der Waals surface area contributed by atoms with E-state index in [4.69, 9.17) is 15.6 Å². The van der Waals surface area contributed by atoms with E-state index in [1.807, 2.05) is 0 Å². The van der Waals surface area contributed by atoms with E-state index in [1.54, 1.807) is 6.20 Å². The second-order valence-corrected chi connectivity index (χ2v) is 3.87. The maximum absolute atomic E-state index is 11.6. The summed E-state index contributed by atoms with van der Waals surface area (Å²) in [7, 11) is 1.39. The number of ether oxygens (including phenoxy) is 1. The lowest BCUT2D eigenvalue weighted by atomic mass is 10.2. The van der Waals surface area contributed by atoms with Gasteiger partial charge in [0.2, 0.25) is 5.91 Å². The fourth-order valence-electron chi connectivity index (χ4n) is 1.37. The third-order valence-corrected chi connectivity index (χ3v) is 2.36. The van der Waals surface area contributed by atoms with Crippen LogP contribution in [-0.2, 0) is 27.4 Å². The number of hydrogen-bond acceptors (Lipinski definition) is 6. The molecule has 1 amide bonds. The van der Waals surface area contributed by atoms with Crippen LogP contribution in [0.15, 0.2) is 6.20 Å². The van der Waals surface area contributed by atoms with Crippen molar-refractivity contribution in [3.05, 3.63) is 11.9 Å². The van der Waals surface area contributed by atoms with Gasteiger partial charge in [0.15, 0.2) is 0 Å². The van der Waals surface area contributed by atoms with Gasteiger partial charge in [-0.05, 0) is 0 Å². The van der Waals surface area contributed by atoms with E-state index in [0.717, 1.165) is 0 Å². The molecule has 9 nitrogen and oxygen atoms in total. The predicted octanol–water partition coefficient (Wildman–Crippen LogP) is -1.66. The summed E-state index contributed by atoms with van der Waals surface area (Å²) in [6.07, 6.45) is 0.846. The molecule has 0 fully saturated rings. The highest BCUT2D eigenvalue weighted by atomic mass is 16.5. The Morgan fingerprint density at radius 1 is 1.63 bits per heavy atom. The molecule has 0 aliphatic heterocycles. The Balaban J connectivity index is 2.36. The lowest BCUT2D eigenvalue weighted by Gasteiger charge is -2.13. The maximum Gasteiger partial charge on any atom is 0.306 e. The number of nitrogens with two attached hydrogens (primary N) is 1. The van der Waals surface area contributed by atoms with Gasteiger partial charge in [0.25, 0.3) is 0 Å². The van der Waals surface area contributed by atoms with Crippen LogP contribution in [-0.4, -0.2) is 51.7 Å². The Morgan fingerprint density at radius 3 is 2.89 bits per heavy atom. The Hall–Kier alpha value is -2.00. The minimum Gasteiger partial charge on any atom is -0.481 e. The molecular weight excluding hydrogens is 254 g/mol. The molecule has 0 aliphatic carbocycles. The number of aliphatic carboxylic acids is 1. The van der Waals surface area contributed by atoms with E-state index in [-0.39, 0.29) is 32.0 Å². The molecule has 0 bridgehead atoms. The van der Waals surface area contributed by atoms with Crippen molar-refractivity contribution in [2.24, 2.45) is 5.73 Å². The molecule has 1 aromatic heterocycles. The summed E-state index contributed by atoms with van der Waals surface area (Å²) in [4.78, 5) is 22.1. The molecular formula is C10H17N5O4. The smallest absolute Gasteiger partial charge is 0.306 e. The molecule has 1 atom stereocenters. The standard InChI is InChI=1S/C10H17N5O4/c1-19-8(2-10(17)18)4-12-9(16)6-15-5-7(3-11)13-14-15/h5,8H,2-4,6,11H2,1H3,(H,12,16)(H,17,18). The molecule has 1 aromatic rings. The summed E-state index contributed by atoms with van der Waals surface area (Å²) in [5.74, 6) is -1.29. The van der Waals surface area contributed by atoms with E-state index in [9.17, 15) is 9.59 Å². The summed E-state index contributed by atoms with van der Waals surface area (Å²) in [6, 6.07) is 0. The van der Waals surface area contributed by atoms with E-state index in [1.165, 1.54) is 11.8 Å². The van der Waals surface area contributed by atoms with E-state index in [0.29, 0.717) is 5.69 Å². The van der Waals surface area contributed by atoms with Crippen molar-refractivity contribution in [2.75, 3.05) is 13.7 Å². The Bertz CT molecular complexity index is 433. The molecule has 0 saturated heterocycles. The molecule has 4 N–H and O–H groups in total. The molecule has 0 radical (unpaired) electrons. The number of carbonyl (C=O) groups excluding carboxylic acids is 1. The third kappa shape index (κ3) is 5.44. The van der Waals surface area contributed by atoms with E-state index in [2.05, 4.69) is 15.6 Å². The number of nitrogens with one attached hydrogen (secondary N) is 1. The number of hydrogen-bond donors (Lipinski definition) is 3. The second kappa shape index (κ2) is 7.44. The molecule has 1 rings (SSSR count). The highest BCUT2D eigenvalue weighted by Gasteiger charge is 2.14. The van der Waals surface area contributed by atoms with Crippen LogP contribution in [0, 0.1) is 0 Å². The molecule has 9 heteroatoms. The van der Waals surface area contributed by atoms with Crippen molar-refractivity contribution < 1.29 is 19.4 Å². The minimum absolute atomic E-state index is 0.00347. The monoisotopic (exact) mass is 271 g/mol. The van der Waals surface area contributed by atoms with Gasteiger partial charge in [-0.3, -0.25) is 9.59 Å². The largest absolute Gasteiger partial charge is 0.481 e. The first-order valence-electron chi connectivity index (χ1n) is 5.65. The fraction of sp³-hybridized carbons (Fsp3) is 0.600. The Labute approximate surface area is 109 Å². The molecule has 1 heterocycles. The van der Waals surface area contributed by atoms with Crippen molar-refractivity contribution in [2.45, 2.75) is 25.6 Å². The molecule has 106 valence electrons. The van der Waals surface area contributed by atoms with Gasteiger partial charge in [0.05, 0.1) is 24.4 Å². The van der Waals surface area contributed by atoms with Gasteiger partial charge in [-0.15, -0.1) is 5.10 Å². The summed E-state index contributed by atoms with van der Waals surface area (Å²) in [6.45, 7) is 0.378. The Kier molecular flexibility index (Phi) is 5.90. The van der Waals surface area contributed by atoms with Gasteiger partial charge in [0, 0.05) is 20.2 Å². The Morgan fingerprint density at radius 2 is 2.37 bits per heavy atom. The topological polar surface area (TPSA) is 132 Å². The summed E-state index contributed by atoms with van der Waals surface area (Å²) >= 11 is 0. The number of nitrogens with zero attached hydrogens (tertiary/aromatic N) is 3. The first-order chi connectivity index (χ1) is 9.05. The summed E-state index contributed by atoms with van der Waals surface area (Å²) in [5, 5.41) is 18.7. The van der Waals surface area contributed by atoms with E-state index < -0.39 is 12.1 Å². The molecule has 0 saturated carbocycles. The van der Waals surface area contributed by atoms with E-state index >= 15 is 0 Å². The highest BCUT2D eigenvalue weighted by Crippen LogP contribution is 1.96. The number of carbonyl (C=O) groups is 2. The molecule has 19 heavy (non-hydrogen) atoms. The number of rotatable bonds is 8. The van der Waals surface area contributed by atoms with Gasteiger partial charge in [0.1, 0.15) is 6.54 Å². The fourth-order valence-corrected chi connectivity index (χ4v) is 1.37. The highest BCUT2D eigenvalue weighted by molar-refractivity contribution is 5.75. The van der Waals surface area contributed by atoms with Crippen molar-refractivity contribution >= 4 is 11.9 Å². The lowest BCUT2D eigenvalue weighted by Crippen LogP contribution is -2.36. The van der Waals surface area contributed by atoms with Gasteiger partial charge in [-0.2, -0.15) is 0 Å². The van der Waals surface area contributed by atoms with Crippen LogP contribution >= 0.6 is 0 Å². The summed E-state index contributed by atoms with van der Waals surface area (Å²) in [5.41, 5.74) is 5.96. The number of aromatic nitrogens is 3. The van der Waals surface area contributed by atoms with Crippen LogP contribution in [0.5, 0.6) is 0 Å². The predicted molar refractivity (Wildman–Crippen MR) is 64.0 cm³/mol. The molecule has 0 spiro atoms. The first-order valence-corrected chi connectivity index (χ1v) is 5.65. The first kappa shape index (κ1) is 15.1. The van der Waals surface area contributed by atoms with Crippen LogP contribution in [0.3, 0.4) is 0 Å². The van der Waals surface area contributed by atoms with Gasteiger partial charge in [-0.1, -0.05) is 5.21 Å². The minimum atomic E-state index is -0.982. The lowest BCUT2D eigenvalue weighted by molar-refractivity contribution is -0.140. The number of methoxy groups -OCH3 is 1. The molecule has 0 aliphatic rings. The molecule has 1 unspecified atom stereocenters. The summed E-state index contributed by atoms with van der Waals surface area (Å²) < 4.78 is 6.29. The van der Waals surface area contributed by atoms with Crippen molar-refractivity contribution in [1.82, 2.24) is 20.3 Å². The number of carboxylic acids is 1. The van der Waals surface area contributed by atoms with Gasteiger partial charge < -0.3 is 20.9 Å². The van der Waals surface area contributed by atoms with Crippen molar-refractivity contribution in [3.8, 4) is 0 Å². The number of carboxylic acid groups (broad SMARTS) is 1. The molecule has 0 aromatic carbocycles. The van der Waals surface area contributed by atoms with Gasteiger partial charge >= 0.3 is 5.97 Å².